The van der Waals surface area contributed by atoms with Crippen molar-refractivity contribution in [3.8, 4) is 0 Å². The molecule has 1 aromatic carbocycles. The van der Waals surface area contributed by atoms with Gasteiger partial charge in [-0.05, 0) is 56.7 Å². The van der Waals surface area contributed by atoms with E-state index in [1.165, 1.54) is 11.3 Å². The first-order valence-corrected chi connectivity index (χ1v) is 10.1. The molecule has 0 radical (unpaired) electrons. The van der Waals surface area contributed by atoms with Crippen molar-refractivity contribution in [1.29, 1.82) is 0 Å². The Balaban J connectivity index is 1.48. The van der Waals surface area contributed by atoms with E-state index in [2.05, 4.69) is 15.6 Å². The van der Waals surface area contributed by atoms with Crippen molar-refractivity contribution < 1.29 is 9.59 Å². The van der Waals surface area contributed by atoms with Gasteiger partial charge in [-0.15, -0.1) is 11.3 Å². The Labute approximate surface area is 161 Å². The summed E-state index contributed by atoms with van der Waals surface area (Å²) in [6, 6.07) is 6.99. The molecule has 136 valence electrons. The van der Waals surface area contributed by atoms with Crippen LogP contribution in [0.15, 0.2) is 35.8 Å². The first kappa shape index (κ1) is 17.5. The maximum Gasteiger partial charge on any atom is 0.280 e. The van der Waals surface area contributed by atoms with Crippen LogP contribution in [-0.2, 0) is 0 Å². The van der Waals surface area contributed by atoms with Gasteiger partial charge in [-0.1, -0.05) is 17.7 Å². The highest BCUT2D eigenvalue weighted by atomic mass is 35.5. The van der Waals surface area contributed by atoms with E-state index in [0.717, 1.165) is 38.5 Å². The third-order valence-electron chi connectivity index (χ3n) is 5.54. The van der Waals surface area contributed by atoms with Crippen LogP contribution in [0.25, 0.3) is 0 Å². The Morgan fingerprint density at radius 3 is 2.46 bits per heavy atom. The zero-order valence-corrected chi connectivity index (χ0v) is 15.8. The Hall–Kier alpha value is -1.92. The second kappa shape index (κ2) is 6.67. The van der Waals surface area contributed by atoms with Gasteiger partial charge in [-0.3, -0.25) is 9.59 Å². The summed E-state index contributed by atoms with van der Waals surface area (Å²) in [6.45, 7) is 0. The third kappa shape index (κ3) is 3.35. The van der Waals surface area contributed by atoms with Gasteiger partial charge >= 0.3 is 0 Å². The van der Waals surface area contributed by atoms with Gasteiger partial charge in [-0.25, -0.2) is 4.98 Å². The first-order chi connectivity index (χ1) is 12.5. The molecular weight excluding hydrogens is 370 g/mol. The number of rotatable bonds is 4. The van der Waals surface area contributed by atoms with Gasteiger partial charge in [0.25, 0.3) is 11.8 Å². The van der Waals surface area contributed by atoms with Crippen molar-refractivity contribution >= 4 is 34.8 Å². The summed E-state index contributed by atoms with van der Waals surface area (Å²) in [5, 5.41) is 9.29. The van der Waals surface area contributed by atoms with Gasteiger partial charge in [0.2, 0.25) is 0 Å². The molecule has 4 rings (SSSR count). The number of hydrogen-bond acceptors (Lipinski definition) is 4. The lowest BCUT2D eigenvalue weighted by Gasteiger charge is -2.40. The van der Waals surface area contributed by atoms with Crippen LogP contribution in [0.4, 0.5) is 0 Å². The number of halogens is 1. The Kier molecular flexibility index (Phi) is 4.49. The number of amides is 2. The monoisotopic (exact) mass is 389 g/mol. The molecule has 2 bridgehead atoms. The number of nitrogens with one attached hydrogen (secondary N) is 2. The molecule has 2 aromatic rings. The summed E-state index contributed by atoms with van der Waals surface area (Å²) < 4.78 is 0. The van der Waals surface area contributed by atoms with Crippen LogP contribution < -0.4 is 10.6 Å². The second-order valence-electron chi connectivity index (χ2n) is 7.35. The van der Waals surface area contributed by atoms with Gasteiger partial charge in [0.1, 0.15) is 0 Å². The molecule has 1 heterocycles. The van der Waals surface area contributed by atoms with Crippen molar-refractivity contribution in [2.45, 2.75) is 49.6 Å². The lowest BCUT2D eigenvalue weighted by Crippen LogP contribution is -2.55. The molecular formula is C19H20ClN3O2S. The molecule has 5 nitrogen and oxygen atoms in total. The van der Waals surface area contributed by atoms with E-state index in [-0.39, 0.29) is 22.9 Å². The Bertz CT molecular complexity index is 841. The van der Waals surface area contributed by atoms with Crippen molar-refractivity contribution in [3.05, 3.63) is 51.4 Å². The van der Waals surface area contributed by atoms with E-state index in [1.807, 2.05) is 0 Å². The molecule has 0 aliphatic heterocycles. The minimum atomic E-state index is -0.256. The van der Waals surface area contributed by atoms with E-state index in [1.54, 1.807) is 35.8 Å². The van der Waals surface area contributed by atoms with Crippen LogP contribution in [0, 0.1) is 0 Å². The van der Waals surface area contributed by atoms with Crippen molar-refractivity contribution in [2.24, 2.45) is 0 Å². The average molecular weight is 390 g/mol. The Morgan fingerprint density at radius 1 is 1.08 bits per heavy atom. The molecule has 2 atom stereocenters. The number of carbonyl (C=O) groups is 2. The molecule has 26 heavy (non-hydrogen) atoms. The van der Waals surface area contributed by atoms with Gasteiger partial charge in [0.05, 0.1) is 0 Å². The van der Waals surface area contributed by atoms with Gasteiger partial charge < -0.3 is 10.6 Å². The number of benzene rings is 1. The fraction of sp³-hybridized carbons (Fsp3) is 0.421. The molecule has 0 saturated heterocycles. The second-order valence-corrected chi connectivity index (χ2v) is 8.68. The quantitative estimate of drug-likeness (QED) is 0.835. The molecule has 2 aliphatic rings. The largest absolute Gasteiger partial charge is 0.347 e. The number of carbonyl (C=O) groups excluding carboxylic acids is 2. The van der Waals surface area contributed by atoms with Gasteiger partial charge in [-0.2, -0.15) is 0 Å². The van der Waals surface area contributed by atoms with Crippen LogP contribution in [0.5, 0.6) is 0 Å². The zero-order chi connectivity index (χ0) is 18.2. The molecule has 0 spiro atoms. The number of fused-ring (bicyclic) bond motifs is 2. The van der Waals surface area contributed by atoms with Crippen LogP contribution in [0.3, 0.4) is 0 Å². The van der Waals surface area contributed by atoms with Gasteiger partial charge in [0.15, 0.2) is 5.01 Å². The SMILES string of the molecule is O=C(NC12CCCC(NC(=O)c3nccs3)(CC1)C2)c1cccc(Cl)c1. The zero-order valence-electron chi connectivity index (χ0n) is 14.3. The predicted molar refractivity (Wildman–Crippen MR) is 102 cm³/mol. The summed E-state index contributed by atoms with van der Waals surface area (Å²) in [5.41, 5.74) is 0.0675. The summed E-state index contributed by atoms with van der Waals surface area (Å²) in [4.78, 5) is 29.3. The number of aromatic nitrogens is 1. The predicted octanol–water partition coefficient (Wildman–Crippen LogP) is 3.80. The standard InChI is InChI=1S/C19H20ClN3O2S/c20-14-4-1-3-13(11-14)15(24)22-18-5-2-6-19(12-18,8-7-18)23-16(25)17-21-9-10-26-17/h1,3-4,9-11H,2,5-8,12H2,(H,22,24)(H,23,25). The minimum absolute atomic E-state index is 0.101. The molecule has 7 heteroatoms. The van der Waals surface area contributed by atoms with E-state index in [0.29, 0.717) is 15.6 Å². The highest BCUT2D eigenvalue weighted by molar-refractivity contribution is 7.11. The summed E-state index contributed by atoms with van der Waals surface area (Å²) >= 11 is 7.35. The average Bonchev–Trinajstić information content (AvgIpc) is 3.22. The van der Waals surface area contributed by atoms with Crippen molar-refractivity contribution in [3.63, 3.8) is 0 Å². The van der Waals surface area contributed by atoms with Gasteiger partial charge in [0, 0.05) is 33.2 Å². The molecule has 2 N–H and O–H groups in total. The van der Waals surface area contributed by atoms with Crippen LogP contribution >= 0.6 is 22.9 Å². The highest BCUT2D eigenvalue weighted by Gasteiger charge is 2.52. The number of hydrogen-bond donors (Lipinski definition) is 2. The minimum Gasteiger partial charge on any atom is -0.347 e. The molecule has 1 aromatic heterocycles. The number of thiazole rings is 1. The maximum absolute atomic E-state index is 12.7. The molecule has 2 fully saturated rings. The van der Waals surface area contributed by atoms with Crippen LogP contribution in [-0.4, -0.2) is 27.9 Å². The highest BCUT2D eigenvalue weighted by Crippen LogP contribution is 2.48. The molecule has 2 amide bonds. The van der Waals surface area contributed by atoms with Crippen molar-refractivity contribution in [2.75, 3.05) is 0 Å². The van der Waals surface area contributed by atoms with E-state index in [9.17, 15) is 9.59 Å². The third-order valence-corrected chi connectivity index (χ3v) is 6.55. The molecule has 2 aliphatic carbocycles. The van der Waals surface area contributed by atoms with E-state index in [4.69, 9.17) is 11.6 Å². The smallest absolute Gasteiger partial charge is 0.280 e. The van der Waals surface area contributed by atoms with E-state index >= 15 is 0 Å². The summed E-state index contributed by atoms with van der Waals surface area (Å²) in [7, 11) is 0. The normalized spacial score (nSPS) is 27.1. The maximum atomic E-state index is 12.7. The fourth-order valence-electron chi connectivity index (χ4n) is 4.41. The topological polar surface area (TPSA) is 71.1 Å². The van der Waals surface area contributed by atoms with Crippen LogP contribution in [0.2, 0.25) is 5.02 Å². The van der Waals surface area contributed by atoms with Crippen LogP contribution in [0.1, 0.15) is 58.7 Å². The molecule has 2 saturated carbocycles. The molecule has 2 unspecified atom stereocenters. The van der Waals surface area contributed by atoms with Crippen molar-refractivity contribution in [1.82, 2.24) is 15.6 Å². The van der Waals surface area contributed by atoms with E-state index < -0.39 is 0 Å². The first-order valence-electron chi connectivity index (χ1n) is 8.79. The number of nitrogens with zero attached hydrogens (tertiary/aromatic N) is 1. The Morgan fingerprint density at radius 2 is 1.81 bits per heavy atom. The fourth-order valence-corrected chi connectivity index (χ4v) is 5.13. The summed E-state index contributed by atoms with van der Waals surface area (Å²) in [6.07, 6.45) is 7.02. The lowest BCUT2D eigenvalue weighted by atomic mass is 9.78. The lowest BCUT2D eigenvalue weighted by molar-refractivity contribution is 0.0832. The summed E-state index contributed by atoms with van der Waals surface area (Å²) in [5.74, 6) is -0.213.